The van der Waals surface area contributed by atoms with Crippen molar-refractivity contribution < 1.29 is 24.2 Å². The van der Waals surface area contributed by atoms with Gasteiger partial charge in [-0.2, -0.15) is 0 Å². The molecule has 1 aromatic rings. The minimum Gasteiger partial charge on any atom is -0.482 e. The van der Waals surface area contributed by atoms with Crippen molar-refractivity contribution in [2.75, 3.05) is 37.0 Å². The molecule has 1 aliphatic heterocycles. The summed E-state index contributed by atoms with van der Waals surface area (Å²) in [6.07, 6.45) is 0.377. The summed E-state index contributed by atoms with van der Waals surface area (Å²) in [5.41, 5.74) is 0.904. The fourth-order valence-electron chi connectivity index (χ4n) is 1.90. The molecule has 0 spiro atoms. The third-order valence-electron chi connectivity index (χ3n) is 3.13. The molecule has 0 radical (unpaired) electrons. The summed E-state index contributed by atoms with van der Waals surface area (Å²) in [5, 5.41) is 13.4. The van der Waals surface area contributed by atoms with Gasteiger partial charge in [0.1, 0.15) is 5.75 Å². The third kappa shape index (κ3) is 3.53. The smallest absolute Gasteiger partial charge is 0.313 e. The average molecular weight is 307 g/mol. The Balaban J connectivity index is 2.03. The molecule has 0 bridgehead atoms. The van der Waals surface area contributed by atoms with Crippen molar-refractivity contribution in [3.8, 4) is 5.75 Å². The van der Waals surface area contributed by atoms with Crippen LogP contribution >= 0.6 is 0 Å². The largest absolute Gasteiger partial charge is 0.482 e. The summed E-state index contributed by atoms with van der Waals surface area (Å²) in [7, 11) is 1.61. The zero-order chi connectivity index (χ0) is 16.1. The van der Waals surface area contributed by atoms with E-state index in [0.29, 0.717) is 23.5 Å². The number of amides is 3. The number of carbonyl (C=O) groups is 3. The van der Waals surface area contributed by atoms with Crippen molar-refractivity contribution in [3.63, 3.8) is 0 Å². The Morgan fingerprint density at radius 2 is 2.14 bits per heavy atom. The summed E-state index contributed by atoms with van der Waals surface area (Å²) in [6.45, 7) is 0.133. The molecule has 3 N–H and O–H groups in total. The summed E-state index contributed by atoms with van der Waals surface area (Å²) < 4.78 is 5.27. The summed E-state index contributed by atoms with van der Waals surface area (Å²) in [4.78, 5) is 36.3. The van der Waals surface area contributed by atoms with E-state index in [9.17, 15) is 14.4 Å². The first-order chi connectivity index (χ1) is 10.5. The Morgan fingerprint density at radius 1 is 1.36 bits per heavy atom. The maximum Gasteiger partial charge on any atom is 0.313 e. The van der Waals surface area contributed by atoms with E-state index in [1.165, 1.54) is 4.90 Å². The average Bonchev–Trinajstić information content (AvgIpc) is 2.51. The second-order valence-corrected chi connectivity index (χ2v) is 4.71. The SMILES string of the molecule is CN1C(=O)COc2ccc(NC(=O)C(=O)NCCCO)cc21. The van der Waals surface area contributed by atoms with Crippen molar-refractivity contribution in [1.29, 1.82) is 0 Å². The van der Waals surface area contributed by atoms with Crippen molar-refractivity contribution in [1.82, 2.24) is 5.32 Å². The zero-order valence-corrected chi connectivity index (χ0v) is 12.1. The standard InChI is InChI=1S/C14H17N3O5/c1-17-10-7-9(3-4-11(10)22-8-12(17)19)16-14(21)13(20)15-5-2-6-18/h3-4,7,18H,2,5-6,8H2,1H3,(H,15,20)(H,16,21). The first kappa shape index (κ1) is 15.8. The maximum atomic E-state index is 11.7. The topological polar surface area (TPSA) is 108 Å². The Kier molecular flexibility index (Phi) is 4.95. The Bertz CT molecular complexity index is 602. The zero-order valence-electron chi connectivity index (χ0n) is 12.1. The lowest BCUT2D eigenvalue weighted by molar-refractivity contribution is -0.136. The number of nitrogens with one attached hydrogen (secondary N) is 2. The third-order valence-corrected chi connectivity index (χ3v) is 3.13. The van der Waals surface area contributed by atoms with E-state index in [1.54, 1.807) is 25.2 Å². The highest BCUT2D eigenvalue weighted by Gasteiger charge is 2.23. The number of likely N-dealkylation sites (N-methyl/N-ethyl adjacent to an activating group) is 1. The van der Waals surface area contributed by atoms with Gasteiger partial charge in [0.15, 0.2) is 6.61 Å². The number of carbonyl (C=O) groups excluding carboxylic acids is 3. The maximum absolute atomic E-state index is 11.7. The van der Waals surface area contributed by atoms with Crippen LogP contribution in [-0.4, -0.2) is 49.6 Å². The Labute approximate surface area is 127 Å². The van der Waals surface area contributed by atoms with Gasteiger partial charge in [-0.25, -0.2) is 0 Å². The highest BCUT2D eigenvalue weighted by Crippen LogP contribution is 2.33. The van der Waals surface area contributed by atoms with E-state index in [2.05, 4.69) is 10.6 Å². The summed E-state index contributed by atoms with van der Waals surface area (Å²) in [6, 6.07) is 4.77. The number of nitrogens with zero attached hydrogens (tertiary/aromatic N) is 1. The van der Waals surface area contributed by atoms with E-state index in [-0.39, 0.29) is 25.7 Å². The molecule has 0 aromatic heterocycles. The van der Waals surface area contributed by atoms with Gasteiger partial charge in [-0.1, -0.05) is 0 Å². The lowest BCUT2D eigenvalue weighted by atomic mass is 10.2. The molecule has 8 nitrogen and oxygen atoms in total. The molecule has 0 atom stereocenters. The molecule has 1 aliphatic rings. The number of anilines is 2. The first-order valence-corrected chi connectivity index (χ1v) is 6.76. The normalized spacial score (nSPS) is 13.2. The molecule has 3 amide bonds. The molecular formula is C14H17N3O5. The number of hydrogen-bond acceptors (Lipinski definition) is 5. The van der Waals surface area contributed by atoms with Gasteiger partial charge in [-0.15, -0.1) is 0 Å². The van der Waals surface area contributed by atoms with Crippen molar-refractivity contribution in [3.05, 3.63) is 18.2 Å². The van der Waals surface area contributed by atoms with Crippen LogP contribution < -0.4 is 20.3 Å². The van der Waals surface area contributed by atoms with Gasteiger partial charge in [0.25, 0.3) is 5.91 Å². The van der Waals surface area contributed by atoms with Crippen molar-refractivity contribution >= 4 is 29.1 Å². The van der Waals surface area contributed by atoms with Gasteiger partial charge in [0.05, 0.1) is 5.69 Å². The van der Waals surface area contributed by atoms with Gasteiger partial charge in [-0.3, -0.25) is 14.4 Å². The highest BCUT2D eigenvalue weighted by atomic mass is 16.5. The van der Waals surface area contributed by atoms with E-state index < -0.39 is 11.8 Å². The minimum atomic E-state index is -0.816. The predicted octanol–water partition coefficient (Wildman–Crippen LogP) is -0.521. The molecule has 0 fully saturated rings. The number of aliphatic hydroxyl groups is 1. The monoisotopic (exact) mass is 307 g/mol. The van der Waals surface area contributed by atoms with Crippen molar-refractivity contribution in [2.45, 2.75) is 6.42 Å². The number of fused-ring (bicyclic) bond motifs is 1. The fraction of sp³-hybridized carbons (Fsp3) is 0.357. The number of ether oxygens (including phenoxy) is 1. The first-order valence-electron chi connectivity index (χ1n) is 6.76. The van der Waals surface area contributed by atoms with Crippen LogP contribution in [0.15, 0.2) is 18.2 Å². The minimum absolute atomic E-state index is 0.0253. The van der Waals surface area contributed by atoms with Crippen LogP contribution in [0, 0.1) is 0 Å². The van der Waals surface area contributed by atoms with Crippen molar-refractivity contribution in [2.24, 2.45) is 0 Å². The number of hydrogen-bond donors (Lipinski definition) is 3. The quantitative estimate of drug-likeness (QED) is 0.512. The van der Waals surface area contributed by atoms with Crippen LogP contribution in [0.3, 0.4) is 0 Å². The molecule has 1 aromatic carbocycles. The van der Waals surface area contributed by atoms with Crippen LogP contribution in [0.2, 0.25) is 0 Å². The van der Waals surface area contributed by atoms with E-state index in [1.807, 2.05) is 0 Å². The Hall–Kier alpha value is -2.61. The second-order valence-electron chi connectivity index (χ2n) is 4.71. The molecule has 8 heteroatoms. The van der Waals surface area contributed by atoms with Crippen LogP contribution in [-0.2, 0) is 14.4 Å². The molecule has 118 valence electrons. The molecule has 0 saturated heterocycles. The number of benzene rings is 1. The number of aliphatic hydroxyl groups excluding tert-OH is 1. The van der Waals surface area contributed by atoms with Gasteiger partial charge in [-0.05, 0) is 24.6 Å². The Morgan fingerprint density at radius 3 is 2.86 bits per heavy atom. The van der Waals surface area contributed by atoms with Gasteiger partial charge in [0, 0.05) is 25.9 Å². The molecule has 22 heavy (non-hydrogen) atoms. The second kappa shape index (κ2) is 6.90. The molecular weight excluding hydrogens is 290 g/mol. The molecule has 1 heterocycles. The predicted molar refractivity (Wildman–Crippen MR) is 78.7 cm³/mol. The molecule has 0 unspecified atom stereocenters. The molecule has 0 aliphatic carbocycles. The van der Waals surface area contributed by atoms with Crippen LogP contribution in [0.25, 0.3) is 0 Å². The van der Waals surface area contributed by atoms with Crippen LogP contribution in [0.1, 0.15) is 6.42 Å². The lowest BCUT2D eigenvalue weighted by Crippen LogP contribution is -2.37. The summed E-state index contributed by atoms with van der Waals surface area (Å²) >= 11 is 0. The van der Waals surface area contributed by atoms with E-state index in [4.69, 9.17) is 9.84 Å². The lowest BCUT2D eigenvalue weighted by Gasteiger charge is -2.26. The van der Waals surface area contributed by atoms with Gasteiger partial charge in [0.2, 0.25) is 0 Å². The fourth-order valence-corrected chi connectivity index (χ4v) is 1.90. The molecule has 2 rings (SSSR count). The van der Waals surface area contributed by atoms with Gasteiger partial charge < -0.3 is 25.4 Å². The highest BCUT2D eigenvalue weighted by molar-refractivity contribution is 6.39. The van der Waals surface area contributed by atoms with Crippen LogP contribution in [0.5, 0.6) is 5.75 Å². The van der Waals surface area contributed by atoms with E-state index >= 15 is 0 Å². The van der Waals surface area contributed by atoms with Gasteiger partial charge >= 0.3 is 11.8 Å². The van der Waals surface area contributed by atoms with Crippen LogP contribution in [0.4, 0.5) is 11.4 Å². The van der Waals surface area contributed by atoms with E-state index in [0.717, 1.165) is 0 Å². The number of rotatable bonds is 4. The molecule has 0 saturated carbocycles. The summed E-state index contributed by atoms with van der Waals surface area (Å²) in [5.74, 6) is -1.26.